The Bertz CT molecular complexity index is 882. The van der Waals surface area contributed by atoms with E-state index in [0.29, 0.717) is 0 Å². The van der Waals surface area contributed by atoms with Crippen molar-refractivity contribution in [3.63, 3.8) is 0 Å². The molecule has 0 bridgehead atoms. The van der Waals surface area contributed by atoms with Crippen molar-refractivity contribution in [2.45, 2.75) is 6.92 Å². The maximum Gasteiger partial charge on any atom is 0.322 e. The van der Waals surface area contributed by atoms with E-state index in [2.05, 4.69) is 0 Å². The number of hydroxylamine groups is 2. The molecule has 0 amide bonds. The Morgan fingerprint density at radius 3 is 1.78 bits per heavy atom. The minimum atomic E-state index is -0.542. The number of carbonyl (C=O) groups excluding carboxylic acids is 2. The number of rotatable bonds is 3. The van der Waals surface area contributed by atoms with E-state index >= 15 is 0 Å². The van der Waals surface area contributed by atoms with Gasteiger partial charge in [0.25, 0.3) is 0 Å². The Kier molecular flexibility index (Phi) is 5.57. The van der Waals surface area contributed by atoms with Crippen molar-refractivity contribution < 1.29 is 23.2 Å². The average molecular weight is 369 g/mol. The van der Waals surface area contributed by atoms with Crippen LogP contribution in [0.2, 0.25) is 0 Å². The van der Waals surface area contributed by atoms with Gasteiger partial charge in [-0.1, -0.05) is 36.4 Å². The number of benzene rings is 2. The first-order valence-corrected chi connectivity index (χ1v) is 8.32. The number of nitrogens with zero attached hydrogens (tertiary/aromatic N) is 1. The van der Waals surface area contributed by atoms with Crippen LogP contribution in [0.5, 0.6) is 0 Å². The molecular weight excluding hydrogens is 352 g/mol. The third kappa shape index (κ3) is 4.54. The van der Waals surface area contributed by atoms with Gasteiger partial charge >= 0.3 is 5.97 Å². The summed E-state index contributed by atoms with van der Waals surface area (Å²) in [5.41, 5.74) is 0.983. The second-order valence-corrected chi connectivity index (χ2v) is 6.09. The first-order chi connectivity index (χ1) is 12.9. The largest absolute Gasteiger partial charge is 0.368 e. The van der Waals surface area contributed by atoms with Crippen LogP contribution >= 0.6 is 0 Å². The minimum Gasteiger partial charge on any atom is -0.368 e. The van der Waals surface area contributed by atoms with Gasteiger partial charge in [0.15, 0.2) is 5.78 Å². The molecule has 0 atom stereocenters. The van der Waals surface area contributed by atoms with E-state index in [0.717, 1.165) is 0 Å². The first-order valence-electron chi connectivity index (χ1n) is 8.32. The smallest absolute Gasteiger partial charge is 0.322 e. The lowest BCUT2D eigenvalue weighted by Gasteiger charge is -2.27. The van der Waals surface area contributed by atoms with Crippen molar-refractivity contribution in [3.05, 3.63) is 82.4 Å². The molecule has 0 radical (unpaired) electrons. The lowest BCUT2D eigenvalue weighted by molar-refractivity contribution is -0.185. The number of hydrogen-bond donors (Lipinski definition) is 0. The van der Waals surface area contributed by atoms with E-state index < -0.39 is 17.6 Å². The fourth-order valence-corrected chi connectivity index (χ4v) is 2.81. The fraction of sp³-hybridized carbons (Fsp3) is 0.143. The third-order valence-electron chi connectivity index (χ3n) is 4.00. The van der Waals surface area contributed by atoms with Crippen molar-refractivity contribution in [1.29, 1.82) is 0 Å². The summed E-state index contributed by atoms with van der Waals surface area (Å²) in [5, 5.41) is 1.29. The molecule has 0 saturated carbocycles. The number of ketones is 1. The number of halogens is 2. The summed E-state index contributed by atoms with van der Waals surface area (Å²) in [6, 6.07) is 12.1. The molecule has 0 unspecified atom stereocenters. The molecule has 2 aromatic rings. The molecule has 0 aliphatic carbocycles. The fourth-order valence-electron chi connectivity index (χ4n) is 2.81. The first kappa shape index (κ1) is 18.7. The second-order valence-electron chi connectivity index (χ2n) is 6.09. The highest BCUT2D eigenvalue weighted by Crippen LogP contribution is 2.24. The molecule has 138 valence electrons. The SMILES string of the molecule is CC(=O)ON1CC(=Cc2ccccc2F)C(=O)C(=Cc2ccccc2F)C1. The normalized spacial score (nSPS) is 18.1. The molecule has 0 N–H and O–H groups in total. The second kappa shape index (κ2) is 8.05. The van der Waals surface area contributed by atoms with E-state index in [1.807, 2.05) is 0 Å². The van der Waals surface area contributed by atoms with E-state index in [1.54, 1.807) is 36.4 Å². The molecule has 3 rings (SSSR count). The summed E-state index contributed by atoms with van der Waals surface area (Å²) < 4.78 is 27.9. The van der Waals surface area contributed by atoms with Crippen LogP contribution < -0.4 is 0 Å². The van der Waals surface area contributed by atoms with Crippen molar-refractivity contribution in [2.24, 2.45) is 0 Å². The zero-order valence-corrected chi connectivity index (χ0v) is 14.6. The molecule has 1 heterocycles. The predicted molar refractivity (Wildman–Crippen MR) is 97.1 cm³/mol. The molecule has 4 nitrogen and oxygen atoms in total. The molecular formula is C21H17F2NO3. The van der Waals surface area contributed by atoms with Gasteiger partial charge in [-0.05, 0) is 24.3 Å². The average Bonchev–Trinajstić information content (AvgIpc) is 2.62. The predicted octanol–water partition coefficient (Wildman–Crippen LogP) is 3.79. The molecule has 1 saturated heterocycles. The Morgan fingerprint density at radius 1 is 0.926 bits per heavy atom. The summed E-state index contributed by atoms with van der Waals surface area (Å²) >= 11 is 0. The maximum absolute atomic E-state index is 14.0. The van der Waals surface area contributed by atoms with Crippen molar-refractivity contribution in [1.82, 2.24) is 5.06 Å². The van der Waals surface area contributed by atoms with E-state index in [1.165, 1.54) is 36.3 Å². The number of carbonyl (C=O) groups is 2. The number of Topliss-reactive ketones (excluding diaryl/α,β-unsaturated/α-hetero) is 1. The van der Waals surface area contributed by atoms with Gasteiger partial charge in [0.2, 0.25) is 0 Å². The van der Waals surface area contributed by atoms with Crippen molar-refractivity contribution in [2.75, 3.05) is 13.1 Å². The third-order valence-corrected chi connectivity index (χ3v) is 4.00. The zero-order chi connectivity index (χ0) is 19.4. The molecule has 1 aliphatic heterocycles. The Balaban J connectivity index is 2.01. The molecule has 1 fully saturated rings. The lowest BCUT2D eigenvalue weighted by Crippen LogP contribution is -2.38. The van der Waals surface area contributed by atoms with E-state index in [-0.39, 0.29) is 41.1 Å². The van der Waals surface area contributed by atoms with Gasteiger partial charge < -0.3 is 4.84 Å². The van der Waals surface area contributed by atoms with Crippen molar-refractivity contribution in [3.8, 4) is 0 Å². The van der Waals surface area contributed by atoms with Gasteiger partial charge in [-0.3, -0.25) is 9.59 Å². The quantitative estimate of drug-likeness (QED) is 0.773. The highest BCUT2D eigenvalue weighted by Gasteiger charge is 2.28. The summed E-state index contributed by atoms with van der Waals surface area (Å²) in [6.07, 6.45) is 2.84. The molecule has 2 aromatic carbocycles. The summed E-state index contributed by atoms with van der Waals surface area (Å²) in [4.78, 5) is 29.3. The van der Waals surface area contributed by atoms with Crippen LogP contribution in [-0.4, -0.2) is 29.9 Å². The topological polar surface area (TPSA) is 46.6 Å². The Hall–Kier alpha value is -3.12. The van der Waals surface area contributed by atoms with E-state index in [9.17, 15) is 18.4 Å². The van der Waals surface area contributed by atoms with Crippen LogP contribution in [0, 0.1) is 11.6 Å². The van der Waals surface area contributed by atoms with Crippen LogP contribution in [0.3, 0.4) is 0 Å². The van der Waals surface area contributed by atoms with Gasteiger partial charge in [-0.15, -0.1) is 5.06 Å². The van der Waals surface area contributed by atoms with Crippen molar-refractivity contribution >= 4 is 23.9 Å². The van der Waals surface area contributed by atoms with Gasteiger partial charge in [0.05, 0.1) is 13.1 Å². The summed E-state index contributed by atoms with van der Waals surface area (Å²) in [5.74, 6) is -1.83. The molecule has 0 spiro atoms. The molecule has 6 heteroatoms. The minimum absolute atomic E-state index is 0.0152. The number of hydrogen-bond acceptors (Lipinski definition) is 4. The van der Waals surface area contributed by atoms with Crippen LogP contribution in [0.4, 0.5) is 8.78 Å². The molecule has 27 heavy (non-hydrogen) atoms. The lowest BCUT2D eigenvalue weighted by atomic mass is 9.95. The highest BCUT2D eigenvalue weighted by atomic mass is 19.1. The van der Waals surface area contributed by atoms with Gasteiger partial charge in [-0.2, -0.15) is 0 Å². The van der Waals surface area contributed by atoms with Gasteiger partial charge in [0.1, 0.15) is 11.6 Å². The summed E-state index contributed by atoms with van der Waals surface area (Å²) in [6.45, 7) is 1.28. The van der Waals surface area contributed by atoms with Crippen LogP contribution in [0.15, 0.2) is 59.7 Å². The highest BCUT2D eigenvalue weighted by molar-refractivity contribution is 6.14. The van der Waals surface area contributed by atoms with Crippen LogP contribution in [0.1, 0.15) is 18.1 Å². The standard InChI is InChI=1S/C21H17F2NO3/c1-14(25)27-24-12-17(10-15-6-2-4-8-19(15)22)21(26)18(13-24)11-16-7-3-5-9-20(16)23/h2-11H,12-13H2,1H3. The Morgan fingerprint density at radius 2 is 1.37 bits per heavy atom. The van der Waals surface area contributed by atoms with Gasteiger partial charge in [-0.25, -0.2) is 8.78 Å². The van der Waals surface area contributed by atoms with Crippen LogP contribution in [0.25, 0.3) is 12.2 Å². The number of piperidine rings is 1. The molecule has 1 aliphatic rings. The molecule has 0 aromatic heterocycles. The van der Waals surface area contributed by atoms with Gasteiger partial charge in [0, 0.05) is 29.2 Å². The van der Waals surface area contributed by atoms with E-state index in [4.69, 9.17) is 4.84 Å². The van der Waals surface area contributed by atoms with Crippen LogP contribution in [-0.2, 0) is 14.4 Å². The Labute approximate surface area is 155 Å². The summed E-state index contributed by atoms with van der Waals surface area (Å²) in [7, 11) is 0. The zero-order valence-electron chi connectivity index (χ0n) is 14.6. The maximum atomic E-state index is 14.0. The monoisotopic (exact) mass is 369 g/mol.